The van der Waals surface area contributed by atoms with Gasteiger partial charge in [0, 0.05) is 57.8 Å². The van der Waals surface area contributed by atoms with Crippen LogP contribution < -0.4 is 4.90 Å². The van der Waals surface area contributed by atoms with Gasteiger partial charge in [-0.3, -0.25) is 9.59 Å². The molecule has 0 spiro atoms. The zero-order valence-corrected chi connectivity index (χ0v) is 15.2. The van der Waals surface area contributed by atoms with E-state index in [1.54, 1.807) is 6.92 Å². The van der Waals surface area contributed by atoms with Crippen molar-refractivity contribution in [2.45, 2.75) is 45.1 Å². The second kappa shape index (κ2) is 8.37. The first-order valence-corrected chi connectivity index (χ1v) is 9.50. The molecular weight excluding hydrogens is 314 g/mol. The average molecular weight is 343 g/mol. The predicted octanol–water partition coefficient (Wildman–Crippen LogP) is 2.52. The van der Waals surface area contributed by atoms with E-state index in [0.29, 0.717) is 19.0 Å². The Morgan fingerprint density at radius 2 is 1.68 bits per heavy atom. The Morgan fingerprint density at radius 3 is 2.28 bits per heavy atom. The zero-order chi connectivity index (χ0) is 17.6. The van der Waals surface area contributed by atoms with Crippen molar-refractivity contribution in [2.24, 2.45) is 0 Å². The molecule has 1 aliphatic carbocycles. The summed E-state index contributed by atoms with van der Waals surface area (Å²) < 4.78 is 0. The largest absolute Gasteiger partial charge is 0.368 e. The molecular formula is C20H29N3O2. The molecule has 1 heterocycles. The monoisotopic (exact) mass is 343 g/mol. The van der Waals surface area contributed by atoms with Crippen LogP contribution in [0.5, 0.6) is 0 Å². The predicted molar refractivity (Wildman–Crippen MR) is 99.5 cm³/mol. The van der Waals surface area contributed by atoms with Gasteiger partial charge in [-0.1, -0.05) is 31.0 Å². The van der Waals surface area contributed by atoms with Crippen molar-refractivity contribution in [1.29, 1.82) is 0 Å². The summed E-state index contributed by atoms with van der Waals surface area (Å²) in [4.78, 5) is 30.7. The molecule has 0 bridgehead atoms. The Hall–Kier alpha value is -2.04. The molecule has 1 aromatic carbocycles. The molecule has 5 heteroatoms. The van der Waals surface area contributed by atoms with Crippen molar-refractivity contribution in [2.75, 3.05) is 37.6 Å². The molecule has 0 atom stereocenters. The van der Waals surface area contributed by atoms with Crippen molar-refractivity contribution >= 4 is 17.5 Å². The minimum absolute atomic E-state index is 0.105. The Labute approximate surface area is 150 Å². The zero-order valence-electron chi connectivity index (χ0n) is 15.2. The SMILES string of the molecule is CC(=O)N(CCC(=O)N1CCN(c2ccccc2)CC1)C1CCCC1. The van der Waals surface area contributed by atoms with Crippen molar-refractivity contribution in [1.82, 2.24) is 9.80 Å². The Bertz CT molecular complexity index is 576. The van der Waals surface area contributed by atoms with Crippen molar-refractivity contribution in [3.8, 4) is 0 Å². The van der Waals surface area contributed by atoms with Crippen LogP contribution in [0.25, 0.3) is 0 Å². The molecule has 2 fully saturated rings. The fourth-order valence-electron chi connectivity index (χ4n) is 4.04. The number of hydrogen-bond acceptors (Lipinski definition) is 3. The van der Waals surface area contributed by atoms with Crippen LogP contribution >= 0.6 is 0 Å². The topological polar surface area (TPSA) is 43.9 Å². The third-order valence-electron chi connectivity index (χ3n) is 5.49. The van der Waals surface area contributed by atoms with E-state index in [9.17, 15) is 9.59 Å². The van der Waals surface area contributed by atoms with E-state index < -0.39 is 0 Å². The summed E-state index contributed by atoms with van der Waals surface area (Å²) in [6.07, 6.45) is 5.02. The molecule has 1 aromatic rings. The van der Waals surface area contributed by atoms with E-state index in [4.69, 9.17) is 0 Å². The summed E-state index contributed by atoms with van der Waals surface area (Å²) in [5.41, 5.74) is 1.22. The first-order chi connectivity index (χ1) is 12.1. The maximum absolute atomic E-state index is 12.6. The van der Waals surface area contributed by atoms with Crippen LogP contribution in [-0.4, -0.2) is 60.4 Å². The van der Waals surface area contributed by atoms with Gasteiger partial charge in [-0.25, -0.2) is 0 Å². The minimum atomic E-state index is 0.105. The van der Waals surface area contributed by atoms with Gasteiger partial charge >= 0.3 is 0 Å². The van der Waals surface area contributed by atoms with Crippen LogP contribution in [0.3, 0.4) is 0 Å². The molecule has 1 saturated carbocycles. The molecule has 136 valence electrons. The number of carbonyl (C=O) groups excluding carboxylic acids is 2. The highest BCUT2D eigenvalue weighted by atomic mass is 16.2. The minimum Gasteiger partial charge on any atom is -0.368 e. The van der Waals surface area contributed by atoms with E-state index >= 15 is 0 Å². The molecule has 25 heavy (non-hydrogen) atoms. The van der Waals surface area contributed by atoms with Crippen LogP contribution in [0, 0.1) is 0 Å². The van der Waals surface area contributed by atoms with Crippen molar-refractivity contribution in [3.63, 3.8) is 0 Å². The van der Waals surface area contributed by atoms with E-state index in [2.05, 4.69) is 17.0 Å². The molecule has 1 aliphatic heterocycles. The molecule has 3 rings (SSSR count). The fourth-order valence-corrected chi connectivity index (χ4v) is 4.04. The molecule has 5 nitrogen and oxygen atoms in total. The van der Waals surface area contributed by atoms with Crippen molar-refractivity contribution in [3.05, 3.63) is 30.3 Å². The van der Waals surface area contributed by atoms with Gasteiger partial charge in [0.05, 0.1) is 0 Å². The number of benzene rings is 1. The summed E-state index contributed by atoms with van der Waals surface area (Å²) in [6, 6.07) is 10.7. The second-order valence-corrected chi connectivity index (χ2v) is 7.10. The molecule has 0 aromatic heterocycles. The summed E-state index contributed by atoms with van der Waals surface area (Å²) in [6.45, 7) is 5.46. The highest BCUT2D eigenvalue weighted by molar-refractivity contribution is 5.78. The smallest absolute Gasteiger partial charge is 0.224 e. The highest BCUT2D eigenvalue weighted by Crippen LogP contribution is 2.24. The molecule has 2 amide bonds. The lowest BCUT2D eigenvalue weighted by Crippen LogP contribution is -2.49. The summed E-state index contributed by atoms with van der Waals surface area (Å²) in [7, 11) is 0. The van der Waals surface area contributed by atoms with Crippen LogP contribution in [0.2, 0.25) is 0 Å². The number of piperazine rings is 1. The number of hydrogen-bond donors (Lipinski definition) is 0. The molecule has 2 aliphatic rings. The molecule has 0 unspecified atom stereocenters. The number of rotatable bonds is 5. The van der Waals surface area contributed by atoms with Gasteiger partial charge in [0.1, 0.15) is 0 Å². The van der Waals surface area contributed by atoms with E-state index in [1.165, 1.54) is 18.5 Å². The number of anilines is 1. The van der Waals surface area contributed by atoms with Gasteiger partial charge in [0.25, 0.3) is 0 Å². The lowest BCUT2D eigenvalue weighted by atomic mass is 10.2. The third kappa shape index (κ3) is 4.53. The summed E-state index contributed by atoms with van der Waals surface area (Å²) in [5, 5.41) is 0. The Balaban J connectivity index is 1.46. The lowest BCUT2D eigenvalue weighted by molar-refractivity contribution is -0.134. The number of para-hydroxylation sites is 1. The summed E-state index contributed by atoms with van der Waals surface area (Å²) in [5.74, 6) is 0.283. The van der Waals surface area contributed by atoms with E-state index in [1.807, 2.05) is 28.0 Å². The summed E-state index contributed by atoms with van der Waals surface area (Å²) >= 11 is 0. The lowest BCUT2D eigenvalue weighted by Gasteiger charge is -2.36. The average Bonchev–Trinajstić information content (AvgIpc) is 3.16. The first-order valence-electron chi connectivity index (χ1n) is 9.50. The van der Waals surface area contributed by atoms with Gasteiger partial charge < -0.3 is 14.7 Å². The molecule has 0 radical (unpaired) electrons. The standard InChI is InChI=1S/C20H29N3O2/c1-17(24)23(19-9-5-6-10-19)12-11-20(25)22-15-13-21(14-16-22)18-7-3-2-4-8-18/h2-4,7-8,19H,5-6,9-16H2,1H3. The van der Waals surface area contributed by atoms with Gasteiger partial charge in [0.2, 0.25) is 11.8 Å². The Morgan fingerprint density at radius 1 is 1.04 bits per heavy atom. The van der Waals surface area contributed by atoms with Crippen LogP contribution in [0.4, 0.5) is 5.69 Å². The van der Waals surface area contributed by atoms with Crippen LogP contribution in [-0.2, 0) is 9.59 Å². The highest BCUT2D eigenvalue weighted by Gasteiger charge is 2.26. The fraction of sp³-hybridized carbons (Fsp3) is 0.600. The first kappa shape index (κ1) is 17.8. The quantitative estimate of drug-likeness (QED) is 0.825. The molecule has 1 saturated heterocycles. The number of nitrogens with zero attached hydrogens (tertiary/aromatic N) is 3. The Kier molecular flexibility index (Phi) is 5.95. The van der Waals surface area contributed by atoms with Crippen molar-refractivity contribution < 1.29 is 9.59 Å². The third-order valence-corrected chi connectivity index (χ3v) is 5.49. The van der Waals surface area contributed by atoms with Gasteiger partial charge in [-0.05, 0) is 25.0 Å². The number of amides is 2. The van der Waals surface area contributed by atoms with Crippen LogP contribution in [0.1, 0.15) is 39.0 Å². The second-order valence-electron chi connectivity index (χ2n) is 7.10. The maximum Gasteiger partial charge on any atom is 0.224 e. The van der Waals surface area contributed by atoms with E-state index in [-0.39, 0.29) is 11.8 Å². The van der Waals surface area contributed by atoms with E-state index in [0.717, 1.165) is 39.0 Å². The maximum atomic E-state index is 12.6. The number of carbonyl (C=O) groups is 2. The van der Waals surface area contributed by atoms with Gasteiger partial charge in [-0.2, -0.15) is 0 Å². The molecule has 0 N–H and O–H groups in total. The normalized spacial score (nSPS) is 18.4. The van der Waals surface area contributed by atoms with Crippen LogP contribution in [0.15, 0.2) is 30.3 Å². The van der Waals surface area contributed by atoms with Gasteiger partial charge in [-0.15, -0.1) is 0 Å². The van der Waals surface area contributed by atoms with Gasteiger partial charge in [0.15, 0.2) is 0 Å².